The zero-order valence-corrected chi connectivity index (χ0v) is 25.1. The first-order chi connectivity index (χ1) is 19.4. The summed E-state index contributed by atoms with van der Waals surface area (Å²) in [5.74, 6) is 0.0320. The Balaban J connectivity index is 1.75. The van der Waals surface area contributed by atoms with E-state index in [-0.39, 0.29) is 27.5 Å². The van der Waals surface area contributed by atoms with E-state index in [1.165, 1.54) is 37.8 Å². The molecule has 6 heteroatoms. The molecule has 0 aliphatic heterocycles. The number of phenolic OH excluding ortho intramolecular Hbond substituents is 2. The molecule has 1 amide bonds. The highest BCUT2D eigenvalue weighted by atomic mass is 35.5. The van der Waals surface area contributed by atoms with Crippen molar-refractivity contribution in [2.24, 2.45) is 0 Å². The number of allylic oxidation sites excluding steroid dienone is 8. The molecule has 2 aromatic carbocycles. The van der Waals surface area contributed by atoms with Crippen LogP contribution in [0.3, 0.4) is 0 Å². The predicted molar refractivity (Wildman–Crippen MR) is 169 cm³/mol. The zero-order valence-electron chi connectivity index (χ0n) is 23.6. The highest BCUT2D eigenvalue weighted by molar-refractivity contribution is 6.32. The Labute approximate surface area is 250 Å². The fraction of sp³-hybridized carbons (Fsp3) is 0.382. The normalized spacial score (nSPS) is 12.0. The van der Waals surface area contributed by atoms with Crippen molar-refractivity contribution in [1.29, 1.82) is 0 Å². The minimum atomic E-state index is 0.00706. The summed E-state index contributed by atoms with van der Waals surface area (Å²) in [6.45, 7) is 2.93. The molecule has 2 rings (SSSR count). The number of hydrogen-bond donors (Lipinski definition) is 2. The lowest BCUT2D eigenvalue weighted by molar-refractivity contribution is -0.132. The number of carbonyl (C=O) groups excluding carboxylic acids is 1. The first-order valence-corrected chi connectivity index (χ1v) is 15.0. The van der Waals surface area contributed by atoms with Gasteiger partial charge >= 0.3 is 0 Å². The Morgan fingerprint density at radius 2 is 1.15 bits per heavy atom. The quantitative estimate of drug-likeness (QED) is 0.135. The second-order valence-electron chi connectivity index (χ2n) is 9.80. The first-order valence-electron chi connectivity index (χ1n) is 14.2. The molecule has 0 fully saturated rings. The largest absolute Gasteiger partial charge is 0.506 e. The average Bonchev–Trinajstić information content (AvgIpc) is 2.94. The number of unbranched alkanes of at least 4 members (excludes halogenated alkanes) is 4. The van der Waals surface area contributed by atoms with E-state index in [1.54, 1.807) is 29.2 Å². The molecule has 0 saturated heterocycles. The monoisotopic (exact) mass is 583 g/mol. The van der Waals surface area contributed by atoms with Crippen molar-refractivity contribution in [2.75, 3.05) is 0 Å². The molecule has 40 heavy (non-hydrogen) atoms. The van der Waals surface area contributed by atoms with Gasteiger partial charge in [-0.3, -0.25) is 4.79 Å². The number of hydrogen-bond acceptors (Lipinski definition) is 3. The number of phenols is 2. The van der Waals surface area contributed by atoms with Gasteiger partial charge in [0.25, 0.3) is 0 Å². The number of carbonyl (C=O) groups is 1. The number of benzene rings is 2. The van der Waals surface area contributed by atoms with Gasteiger partial charge in [-0.15, -0.1) is 0 Å². The second kappa shape index (κ2) is 20.0. The van der Waals surface area contributed by atoms with E-state index in [0.29, 0.717) is 19.5 Å². The minimum absolute atomic E-state index is 0.00706. The number of amides is 1. The van der Waals surface area contributed by atoms with E-state index in [4.69, 9.17) is 23.2 Å². The molecular weight excluding hydrogens is 541 g/mol. The Morgan fingerprint density at radius 1 is 0.700 bits per heavy atom. The summed E-state index contributed by atoms with van der Waals surface area (Å²) in [6, 6.07) is 9.90. The SMILES string of the molecule is CCCCC/C=C\C/C=C\C/C=C/C/C=C\CCCC(=O)N(Cc1ccc(O)c(Cl)c1)Cc1ccc(O)c(Cl)c1. The van der Waals surface area contributed by atoms with Gasteiger partial charge in [-0.2, -0.15) is 0 Å². The summed E-state index contributed by atoms with van der Waals surface area (Å²) in [5, 5.41) is 20.0. The fourth-order valence-corrected chi connectivity index (χ4v) is 4.47. The van der Waals surface area contributed by atoms with Crippen molar-refractivity contribution < 1.29 is 15.0 Å². The molecule has 0 aliphatic carbocycles. The van der Waals surface area contributed by atoms with Crippen LogP contribution in [0.15, 0.2) is 85.0 Å². The van der Waals surface area contributed by atoms with Gasteiger partial charge in [0.2, 0.25) is 5.91 Å². The van der Waals surface area contributed by atoms with Crippen LogP contribution in [0.2, 0.25) is 10.0 Å². The van der Waals surface area contributed by atoms with Crippen LogP contribution in [0.1, 0.15) is 82.3 Å². The van der Waals surface area contributed by atoms with Gasteiger partial charge in [0, 0.05) is 19.5 Å². The maximum absolute atomic E-state index is 13.1. The highest BCUT2D eigenvalue weighted by Crippen LogP contribution is 2.27. The number of rotatable bonds is 18. The Bertz CT molecular complexity index is 1100. The molecule has 0 aliphatic rings. The van der Waals surface area contributed by atoms with E-state index in [2.05, 4.69) is 55.5 Å². The van der Waals surface area contributed by atoms with Crippen LogP contribution in [-0.2, 0) is 17.9 Å². The molecule has 0 atom stereocenters. The number of nitrogens with zero attached hydrogens (tertiary/aromatic N) is 1. The van der Waals surface area contributed by atoms with Gasteiger partial charge in [-0.1, -0.05) is 104 Å². The van der Waals surface area contributed by atoms with Crippen LogP contribution < -0.4 is 0 Å². The second-order valence-corrected chi connectivity index (χ2v) is 10.6. The highest BCUT2D eigenvalue weighted by Gasteiger charge is 2.16. The third-order valence-electron chi connectivity index (χ3n) is 6.34. The van der Waals surface area contributed by atoms with Crippen LogP contribution in [-0.4, -0.2) is 21.0 Å². The van der Waals surface area contributed by atoms with Gasteiger partial charge in [0.05, 0.1) is 10.0 Å². The van der Waals surface area contributed by atoms with E-state index >= 15 is 0 Å². The molecular formula is C34H43Cl2NO3. The zero-order chi connectivity index (χ0) is 29.0. The van der Waals surface area contributed by atoms with E-state index in [9.17, 15) is 15.0 Å². The standard InChI is InChI=1S/C34H43Cl2NO3/c1-2-3-4-5-6-7-8-9-10-11-12-13-14-15-16-17-18-19-34(40)37(26-28-20-22-32(38)30(35)24-28)27-29-21-23-33(39)31(36)25-29/h6-7,9-10,12-13,15-16,20-25,38-39H,2-5,8,11,14,17-19,26-27H2,1H3/b7-6-,10-9-,13-12+,16-15-. The summed E-state index contributed by atoms with van der Waals surface area (Å²) in [6.07, 6.45) is 27.4. The molecule has 2 aromatic rings. The third-order valence-corrected chi connectivity index (χ3v) is 6.95. The van der Waals surface area contributed by atoms with Gasteiger partial charge in [0.1, 0.15) is 11.5 Å². The lowest BCUT2D eigenvalue weighted by Crippen LogP contribution is -2.29. The van der Waals surface area contributed by atoms with Crippen molar-refractivity contribution in [2.45, 2.75) is 84.2 Å². The van der Waals surface area contributed by atoms with Gasteiger partial charge in [0.15, 0.2) is 0 Å². The predicted octanol–water partition coefficient (Wildman–Crippen LogP) is 10.1. The van der Waals surface area contributed by atoms with Crippen LogP contribution in [0, 0.1) is 0 Å². The fourth-order valence-electron chi connectivity index (χ4n) is 4.06. The van der Waals surface area contributed by atoms with Crippen LogP contribution >= 0.6 is 23.2 Å². The van der Waals surface area contributed by atoms with Gasteiger partial charge in [-0.25, -0.2) is 0 Å². The van der Waals surface area contributed by atoms with Crippen LogP contribution in [0.5, 0.6) is 11.5 Å². The lowest BCUT2D eigenvalue weighted by atomic mass is 10.1. The molecule has 0 bridgehead atoms. The Hall–Kier alpha value is -2.95. The Kier molecular flexibility index (Phi) is 16.6. The molecule has 0 radical (unpaired) electrons. The van der Waals surface area contributed by atoms with Crippen molar-refractivity contribution >= 4 is 29.1 Å². The number of halogens is 2. The maximum Gasteiger partial charge on any atom is 0.223 e. The smallest absolute Gasteiger partial charge is 0.223 e. The first kappa shape index (κ1) is 33.3. The minimum Gasteiger partial charge on any atom is -0.506 e. The lowest BCUT2D eigenvalue weighted by Gasteiger charge is -2.23. The average molecular weight is 585 g/mol. The summed E-state index contributed by atoms with van der Waals surface area (Å²) in [7, 11) is 0. The molecule has 0 aromatic heterocycles. The van der Waals surface area contributed by atoms with Gasteiger partial charge < -0.3 is 15.1 Å². The van der Waals surface area contributed by atoms with Crippen LogP contribution in [0.4, 0.5) is 0 Å². The molecule has 0 spiro atoms. The van der Waals surface area contributed by atoms with Crippen molar-refractivity contribution in [3.8, 4) is 11.5 Å². The molecule has 2 N–H and O–H groups in total. The summed E-state index contributed by atoms with van der Waals surface area (Å²) in [4.78, 5) is 14.9. The van der Waals surface area contributed by atoms with E-state index < -0.39 is 0 Å². The Morgan fingerprint density at radius 3 is 1.60 bits per heavy atom. The summed E-state index contributed by atoms with van der Waals surface area (Å²) in [5.41, 5.74) is 1.64. The number of aromatic hydroxyl groups is 2. The molecule has 4 nitrogen and oxygen atoms in total. The van der Waals surface area contributed by atoms with E-state index in [1.807, 2.05) is 0 Å². The van der Waals surface area contributed by atoms with Gasteiger partial charge in [-0.05, 0) is 80.3 Å². The van der Waals surface area contributed by atoms with Crippen molar-refractivity contribution in [3.63, 3.8) is 0 Å². The molecule has 216 valence electrons. The molecule has 0 heterocycles. The van der Waals surface area contributed by atoms with E-state index in [0.717, 1.165) is 43.2 Å². The van der Waals surface area contributed by atoms with Crippen LogP contribution in [0.25, 0.3) is 0 Å². The maximum atomic E-state index is 13.1. The third kappa shape index (κ3) is 13.9. The molecule has 0 unspecified atom stereocenters. The summed E-state index contributed by atoms with van der Waals surface area (Å²) >= 11 is 12.1. The summed E-state index contributed by atoms with van der Waals surface area (Å²) < 4.78 is 0. The van der Waals surface area contributed by atoms with Crippen molar-refractivity contribution in [3.05, 3.63) is 106 Å². The topological polar surface area (TPSA) is 60.8 Å². The van der Waals surface area contributed by atoms with Crippen molar-refractivity contribution in [1.82, 2.24) is 4.90 Å². The molecule has 0 saturated carbocycles.